The Bertz CT molecular complexity index is 557. The summed E-state index contributed by atoms with van der Waals surface area (Å²) in [6.07, 6.45) is 10.4. The molecule has 1 aliphatic heterocycles. The Balaban J connectivity index is 1.94. The van der Waals surface area contributed by atoms with Crippen LogP contribution in [0.5, 0.6) is 0 Å². The van der Waals surface area contributed by atoms with E-state index in [-0.39, 0.29) is 19.1 Å². The fourth-order valence-corrected chi connectivity index (χ4v) is 2.58. The van der Waals surface area contributed by atoms with Crippen LogP contribution in [0.1, 0.15) is 36.0 Å². The summed E-state index contributed by atoms with van der Waals surface area (Å²) in [6.45, 7) is 1.54. The van der Waals surface area contributed by atoms with Gasteiger partial charge in [0, 0.05) is 19.2 Å². The number of allylic oxidation sites excluding steroid dienone is 2. The van der Waals surface area contributed by atoms with Gasteiger partial charge >= 0.3 is 0 Å². The molecule has 0 saturated carbocycles. The molecule has 1 heterocycles. The average molecular weight is 301 g/mol. The standard InChI is InChI=1S/C18H23NO3/c20-13-16-9-8-15(12-17(16)14-21)6-2-3-7-18(22)19-10-4-1-5-11-19/h2-3,6-9,12,20-21H,1,4-5,10-11,13-14H2/b6-2+,7-3+. The maximum Gasteiger partial charge on any atom is 0.246 e. The largest absolute Gasteiger partial charge is 0.392 e. The molecular formula is C18H23NO3. The van der Waals surface area contributed by atoms with Crippen LogP contribution in [-0.2, 0) is 18.0 Å². The highest BCUT2D eigenvalue weighted by molar-refractivity contribution is 5.88. The van der Waals surface area contributed by atoms with Crippen molar-refractivity contribution in [1.29, 1.82) is 0 Å². The van der Waals surface area contributed by atoms with Crippen molar-refractivity contribution >= 4 is 12.0 Å². The molecule has 1 saturated heterocycles. The van der Waals surface area contributed by atoms with E-state index < -0.39 is 0 Å². The normalized spacial score (nSPS) is 15.8. The number of carbonyl (C=O) groups is 1. The molecular weight excluding hydrogens is 278 g/mol. The number of hydrogen-bond donors (Lipinski definition) is 2. The van der Waals surface area contributed by atoms with Crippen LogP contribution in [0.2, 0.25) is 0 Å². The van der Waals surface area contributed by atoms with Crippen molar-refractivity contribution in [3.05, 3.63) is 53.1 Å². The smallest absolute Gasteiger partial charge is 0.246 e. The Morgan fingerprint density at radius 2 is 1.77 bits per heavy atom. The van der Waals surface area contributed by atoms with Gasteiger partial charge in [-0.05, 0) is 42.0 Å². The van der Waals surface area contributed by atoms with Gasteiger partial charge in [0.05, 0.1) is 13.2 Å². The minimum absolute atomic E-state index is 0.0658. The highest BCUT2D eigenvalue weighted by Crippen LogP contribution is 2.14. The molecule has 1 aromatic carbocycles. The molecule has 118 valence electrons. The van der Waals surface area contributed by atoms with Gasteiger partial charge in [0.15, 0.2) is 0 Å². The molecule has 0 radical (unpaired) electrons. The van der Waals surface area contributed by atoms with E-state index in [1.807, 2.05) is 29.2 Å². The van der Waals surface area contributed by atoms with Crippen LogP contribution in [0.15, 0.2) is 36.4 Å². The van der Waals surface area contributed by atoms with Crippen molar-refractivity contribution < 1.29 is 15.0 Å². The zero-order valence-electron chi connectivity index (χ0n) is 12.7. The van der Waals surface area contributed by atoms with Crippen molar-refractivity contribution in [3.8, 4) is 0 Å². The molecule has 4 heteroatoms. The first-order valence-electron chi connectivity index (χ1n) is 7.72. The van der Waals surface area contributed by atoms with Crippen LogP contribution >= 0.6 is 0 Å². The fourth-order valence-electron chi connectivity index (χ4n) is 2.58. The van der Waals surface area contributed by atoms with Gasteiger partial charge in [-0.2, -0.15) is 0 Å². The molecule has 0 bridgehead atoms. The molecule has 0 aromatic heterocycles. The number of hydrogen-bond acceptors (Lipinski definition) is 3. The third-order valence-corrected chi connectivity index (χ3v) is 3.88. The van der Waals surface area contributed by atoms with E-state index >= 15 is 0 Å². The van der Waals surface area contributed by atoms with Gasteiger partial charge < -0.3 is 15.1 Å². The van der Waals surface area contributed by atoms with Gasteiger partial charge in [0.2, 0.25) is 5.91 Å². The van der Waals surface area contributed by atoms with Crippen LogP contribution < -0.4 is 0 Å². The van der Waals surface area contributed by atoms with E-state index in [2.05, 4.69) is 0 Å². The zero-order chi connectivity index (χ0) is 15.8. The van der Waals surface area contributed by atoms with Crippen LogP contribution in [-0.4, -0.2) is 34.1 Å². The minimum Gasteiger partial charge on any atom is -0.392 e. The maximum atomic E-state index is 11.9. The number of rotatable bonds is 5. The minimum atomic E-state index is -0.0964. The first-order chi connectivity index (χ1) is 10.7. The summed E-state index contributed by atoms with van der Waals surface area (Å²) in [5.74, 6) is 0.0658. The zero-order valence-corrected chi connectivity index (χ0v) is 12.7. The third-order valence-electron chi connectivity index (χ3n) is 3.88. The van der Waals surface area contributed by atoms with Crippen molar-refractivity contribution in [1.82, 2.24) is 4.90 Å². The molecule has 0 spiro atoms. The number of aliphatic hydroxyl groups excluding tert-OH is 2. The lowest BCUT2D eigenvalue weighted by Gasteiger charge is -2.25. The third kappa shape index (κ3) is 4.55. The maximum absolute atomic E-state index is 11.9. The summed E-state index contributed by atoms with van der Waals surface area (Å²) in [5, 5.41) is 18.4. The SMILES string of the molecule is O=C(/C=C/C=C/c1ccc(CO)c(CO)c1)N1CCCCC1. The summed E-state index contributed by atoms with van der Waals surface area (Å²) >= 11 is 0. The molecule has 0 unspecified atom stereocenters. The van der Waals surface area contributed by atoms with Crippen LogP contribution in [0, 0.1) is 0 Å². The molecule has 1 fully saturated rings. The number of nitrogens with zero attached hydrogens (tertiary/aromatic N) is 1. The van der Waals surface area contributed by atoms with Gasteiger partial charge in [-0.1, -0.05) is 30.4 Å². The number of carbonyl (C=O) groups excluding carboxylic acids is 1. The number of benzene rings is 1. The second-order valence-corrected chi connectivity index (χ2v) is 5.45. The summed E-state index contributed by atoms with van der Waals surface area (Å²) < 4.78 is 0. The Hall–Kier alpha value is -1.91. The van der Waals surface area contributed by atoms with Crippen LogP contribution in [0.3, 0.4) is 0 Å². The van der Waals surface area contributed by atoms with Gasteiger partial charge in [0.25, 0.3) is 0 Å². The van der Waals surface area contributed by atoms with Gasteiger partial charge in [-0.15, -0.1) is 0 Å². The summed E-state index contributed by atoms with van der Waals surface area (Å²) in [4.78, 5) is 13.8. The number of aliphatic hydroxyl groups is 2. The molecule has 1 amide bonds. The molecule has 2 N–H and O–H groups in total. The Labute approximate surface area is 131 Å². The topological polar surface area (TPSA) is 60.8 Å². The van der Waals surface area contributed by atoms with E-state index in [1.54, 1.807) is 18.2 Å². The second-order valence-electron chi connectivity index (χ2n) is 5.45. The van der Waals surface area contributed by atoms with E-state index in [0.29, 0.717) is 0 Å². The van der Waals surface area contributed by atoms with E-state index in [9.17, 15) is 9.90 Å². The molecule has 0 atom stereocenters. The lowest BCUT2D eigenvalue weighted by molar-refractivity contribution is -0.126. The summed E-state index contributed by atoms with van der Waals surface area (Å²) in [7, 11) is 0. The lowest BCUT2D eigenvalue weighted by Crippen LogP contribution is -2.34. The van der Waals surface area contributed by atoms with Crippen LogP contribution in [0.4, 0.5) is 0 Å². The highest BCUT2D eigenvalue weighted by Gasteiger charge is 2.13. The van der Waals surface area contributed by atoms with Crippen molar-refractivity contribution in [2.24, 2.45) is 0 Å². The molecule has 1 aromatic rings. The van der Waals surface area contributed by atoms with E-state index in [0.717, 1.165) is 42.6 Å². The Kier molecular flexibility index (Phi) is 6.37. The lowest BCUT2D eigenvalue weighted by atomic mass is 10.0. The first-order valence-corrected chi connectivity index (χ1v) is 7.72. The monoisotopic (exact) mass is 301 g/mol. The number of piperidine rings is 1. The molecule has 22 heavy (non-hydrogen) atoms. The predicted molar refractivity (Wildman–Crippen MR) is 86.9 cm³/mol. The molecule has 2 rings (SSSR count). The highest BCUT2D eigenvalue weighted by atomic mass is 16.3. The first kappa shape index (κ1) is 16.5. The summed E-state index contributed by atoms with van der Waals surface area (Å²) in [5.41, 5.74) is 2.38. The molecule has 4 nitrogen and oxygen atoms in total. The molecule has 1 aliphatic rings. The number of amides is 1. The van der Waals surface area contributed by atoms with E-state index in [1.165, 1.54) is 6.42 Å². The average Bonchev–Trinajstić information content (AvgIpc) is 2.59. The van der Waals surface area contributed by atoms with E-state index in [4.69, 9.17) is 5.11 Å². The van der Waals surface area contributed by atoms with Gasteiger partial charge in [-0.3, -0.25) is 4.79 Å². The van der Waals surface area contributed by atoms with Gasteiger partial charge in [0.1, 0.15) is 0 Å². The van der Waals surface area contributed by atoms with Crippen molar-refractivity contribution in [3.63, 3.8) is 0 Å². The fraction of sp³-hybridized carbons (Fsp3) is 0.389. The van der Waals surface area contributed by atoms with Crippen molar-refractivity contribution in [2.45, 2.75) is 32.5 Å². The Morgan fingerprint density at radius 3 is 2.45 bits per heavy atom. The molecule has 0 aliphatic carbocycles. The Morgan fingerprint density at radius 1 is 1.05 bits per heavy atom. The quantitative estimate of drug-likeness (QED) is 0.648. The van der Waals surface area contributed by atoms with Gasteiger partial charge in [-0.25, -0.2) is 0 Å². The predicted octanol–water partition coefficient (Wildman–Crippen LogP) is 2.25. The second kappa shape index (κ2) is 8.51. The number of likely N-dealkylation sites (tertiary alicyclic amines) is 1. The van der Waals surface area contributed by atoms with Crippen LogP contribution in [0.25, 0.3) is 6.08 Å². The summed E-state index contributed by atoms with van der Waals surface area (Å²) in [6, 6.07) is 5.51. The van der Waals surface area contributed by atoms with Crippen molar-refractivity contribution in [2.75, 3.05) is 13.1 Å².